The van der Waals surface area contributed by atoms with Gasteiger partial charge in [-0.25, -0.2) is 4.79 Å². The SMILES string of the molecule is C=C(CC)C(=O)OC(F)(F)C(F)(F)C(F)(F)C(F)(F)C(F)(F)C(F)(F)C(F)(F)C(F)(F)C(F)(F)C(F)(F)C(F)(F)C(F)(F)C(F)(F)C(F)(F)C(F)(F)F. The minimum atomic E-state index is -10.1. The number of rotatable bonds is 16. The van der Waals surface area contributed by atoms with Gasteiger partial charge in [0.2, 0.25) is 0 Å². The highest BCUT2D eigenvalue weighted by Crippen LogP contribution is 2.69. The van der Waals surface area contributed by atoms with Gasteiger partial charge in [-0.3, -0.25) is 0 Å². The Morgan fingerprint density at radius 3 is 0.698 bits per heavy atom. The van der Waals surface area contributed by atoms with Gasteiger partial charge in [0, 0.05) is 5.57 Å². The lowest BCUT2D eigenvalue weighted by molar-refractivity contribution is -0.492. The highest BCUT2D eigenvalue weighted by molar-refractivity contribution is 5.87. The molecule has 0 aliphatic heterocycles. The molecule has 0 amide bonds. The van der Waals surface area contributed by atoms with Crippen LogP contribution in [0.15, 0.2) is 12.2 Å². The quantitative estimate of drug-likeness (QED) is 0.0878. The summed E-state index contributed by atoms with van der Waals surface area (Å²) in [6.45, 7) is 3.05. The number of halogens is 31. The smallest absolute Gasteiger partial charge is 0.393 e. The summed E-state index contributed by atoms with van der Waals surface area (Å²) in [4.78, 5) is 11.1. The van der Waals surface area contributed by atoms with Gasteiger partial charge >= 0.3 is 95.2 Å². The molecule has 53 heavy (non-hydrogen) atoms. The van der Waals surface area contributed by atoms with E-state index in [1.54, 1.807) is 0 Å². The zero-order valence-corrected chi connectivity index (χ0v) is 23.4. The Morgan fingerprint density at radius 1 is 0.358 bits per heavy atom. The Bertz CT molecular complexity index is 1380. The first-order valence-electron chi connectivity index (χ1n) is 11.6. The molecule has 2 nitrogen and oxygen atoms in total. The summed E-state index contributed by atoms with van der Waals surface area (Å²) in [5, 5.41) is 0. The van der Waals surface area contributed by atoms with Crippen LogP contribution in [-0.2, 0) is 9.53 Å². The average Bonchev–Trinajstić information content (AvgIpc) is 2.94. The average molecular weight is 868 g/mol. The van der Waals surface area contributed by atoms with Crippen LogP contribution in [0.2, 0.25) is 0 Å². The summed E-state index contributed by atoms with van der Waals surface area (Å²) in [6.07, 6.45) is -17.1. The molecule has 0 saturated carbocycles. The summed E-state index contributed by atoms with van der Waals surface area (Å²) < 4.78 is 420. The lowest BCUT2D eigenvalue weighted by Gasteiger charge is -2.46. The summed E-state index contributed by atoms with van der Waals surface area (Å²) in [6, 6.07) is 0. The van der Waals surface area contributed by atoms with E-state index in [2.05, 4.69) is 11.3 Å². The minimum absolute atomic E-state index is 0.662. The first-order chi connectivity index (χ1) is 22.4. The van der Waals surface area contributed by atoms with Gasteiger partial charge in [-0.1, -0.05) is 13.5 Å². The maximum atomic E-state index is 13.9. The molecule has 0 N–H and O–H groups in total. The van der Waals surface area contributed by atoms with Crippen LogP contribution in [0.5, 0.6) is 0 Å². The highest BCUT2D eigenvalue weighted by Gasteiger charge is 3.01. The molecule has 0 rings (SSSR count). The van der Waals surface area contributed by atoms with Crippen molar-refractivity contribution >= 4 is 5.97 Å². The number of ether oxygens (including phenoxy) is 1. The molecule has 0 bridgehead atoms. The summed E-state index contributed by atoms with van der Waals surface area (Å²) in [7, 11) is 0. The molecular weight excluding hydrogens is 861 g/mol. The van der Waals surface area contributed by atoms with Crippen LogP contribution in [0.25, 0.3) is 0 Å². The van der Waals surface area contributed by atoms with E-state index >= 15 is 0 Å². The maximum absolute atomic E-state index is 13.9. The second-order valence-electron chi connectivity index (χ2n) is 9.83. The standard InChI is InChI=1S/C20H7F31O2/c1-3-4(2)5(52)53-20(50,51)18(45,46)16(41,42)14(37,38)12(33,34)10(29,30)8(25,26)6(21,22)7(23,24)9(27,28)11(31,32)13(35,36)15(39,40)17(43,44)19(47,48)49/h2-3H2,1H3. The Kier molecular flexibility index (Phi) is 11.8. The predicted molar refractivity (Wildman–Crippen MR) is 101 cm³/mol. The number of hydrogen-bond donors (Lipinski definition) is 0. The molecule has 0 unspecified atom stereocenters. The van der Waals surface area contributed by atoms with Crippen LogP contribution in [0.1, 0.15) is 13.3 Å². The number of esters is 1. The first-order valence-corrected chi connectivity index (χ1v) is 11.6. The van der Waals surface area contributed by atoms with E-state index in [0.29, 0.717) is 6.92 Å². The monoisotopic (exact) mass is 868 g/mol. The highest BCUT2D eigenvalue weighted by atomic mass is 19.4. The van der Waals surface area contributed by atoms with E-state index in [-0.39, 0.29) is 0 Å². The first kappa shape index (κ1) is 50.0. The van der Waals surface area contributed by atoms with Crippen molar-refractivity contribution < 1.29 is 146 Å². The molecule has 0 atom stereocenters. The molecule has 0 aromatic carbocycles. The van der Waals surface area contributed by atoms with Crippen molar-refractivity contribution in [1.82, 2.24) is 0 Å². The van der Waals surface area contributed by atoms with E-state index in [1.165, 1.54) is 0 Å². The molecule has 33 heteroatoms. The summed E-state index contributed by atoms with van der Waals surface area (Å²) in [5.41, 5.74) is -1.53. The van der Waals surface area contributed by atoms with Gasteiger partial charge in [-0.05, 0) is 6.42 Å². The Hall–Kier alpha value is -2.96. The van der Waals surface area contributed by atoms with Crippen LogP contribution in [-0.4, -0.2) is 95.2 Å². The van der Waals surface area contributed by atoms with Crippen LogP contribution in [0, 0.1) is 0 Å². The van der Waals surface area contributed by atoms with Gasteiger partial charge in [0.25, 0.3) is 0 Å². The molecular formula is C20H7F31O2. The van der Waals surface area contributed by atoms with Crippen molar-refractivity contribution in [2.45, 2.75) is 103 Å². The molecule has 0 spiro atoms. The predicted octanol–water partition coefficient (Wildman–Crippen LogP) is 10.9. The number of hydrogen-bond acceptors (Lipinski definition) is 2. The second kappa shape index (κ2) is 12.5. The normalized spacial score (nSPS) is 16.5. The zero-order chi connectivity index (χ0) is 44.1. The van der Waals surface area contributed by atoms with Gasteiger partial charge in [-0.2, -0.15) is 136 Å². The second-order valence-corrected chi connectivity index (χ2v) is 9.83. The van der Waals surface area contributed by atoms with Crippen molar-refractivity contribution in [3.05, 3.63) is 12.2 Å². The number of carbonyl (C=O) groups excluding carboxylic acids is 1. The molecule has 0 saturated heterocycles. The van der Waals surface area contributed by atoms with E-state index in [0.717, 1.165) is 0 Å². The van der Waals surface area contributed by atoms with Gasteiger partial charge in [0.15, 0.2) is 0 Å². The fourth-order valence-electron chi connectivity index (χ4n) is 2.93. The van der Waals surface area contributed by atoms with Gasteiger partial charge < -0.3 is 4.74 Å². The fourth-order valence-corrected chi connectivity index (χ4v) is 2.93. The Labute approximate surface area is 267 Å². The van der Waals surface area contributed by atoms with E-state index in [4.69, 9.17) is 0 Å². The molecule has 0 aliphatic carbocycles. The van der Waals surface area contributed by atoms with Crippen LogP contribution in [0.4, 0.5) is 136 Å². The number of alkyl halides is 31. The lowest BCUT2D eigenvalue weighted by Crippen LogP contribution is -2.79. The van der Waals surface area contributed by atoms with E-state index in [1.807, 2.05) is 0 Å². The third-order valence-electron chi connectivity index (χ3n) is 6.39. The van der Waals surface area contributed by atoms with Crippen LogP contribution < -0.4 is 0 Å². The van der Waals surface area contributed by atoms with E-state index in [9.17, 15) is 141 Å². The van der Waals surface area contributed by atoms with Crippen molar-refractivity contribution in [2.75, 3.05) is 0 Å². The zero-order valence-electron chi connectivity index (χ0n) is 23.4. The van der Waals surface area contributed by atoms with Crippen LogP contribution in [0.3, 0.4) is 0 Å². The minimum Gasteiger partial charge on any atom is -0.393 e. The number of carbonyl (C=O) groups is 1. The molecule has 0 fully saturated rings. The Balaban J connectivity index is 7.62. The maximum Gasteiger partial charge on any atom is 0.473 e. The Morgan fingerprint density at radius 2 is 0.528 bits per heavy atom. The summed E-state index contributed by atoms with van der Waals surface area (Å²) >= 11 is 0. The third kappa shape index (κ3) is 6.04. The third-order valence-corrected chi connectivity index (χ3v) is 6.39. The fraction of sp³-hybridized carbons (Fsp3) is 0.850. The summed E-state index contributed by atoms with van der Waals surface area (Å²) in [5.74, 6) is -129. The van der Waals surface area contributed by atoms with Crippen molar-refractivity contribution in [3.8, 4) is 0 Å². The van der Waals surface area contributed by atoms with Gasteiger partial charge in [0.05, 0.1) is 0 Å². The van der Waals surface area contributed by atoms with E-state index < -0.39 is 107 Å². The van der Waals surface area contributed by atoms with Gasteiger partial charge in [-0.15, -0.1) is 0 Å². The molecule has 0 radical (unpaired) electrons. The topological polar surface area (TPSA) is 26.3 Å². The molecule has 316 valence electrons. The lowest BCUT2D eigenvalue weighted by atomic mass is 9.83. The largest absolute Gasteiger partial charge is 0.473 e. The van der Waals surface area contributed by atoms with Crippen molar-refractivity contribution in [2.24, 2.45) is 0 Å². The molecule has 0 heterocycles. The van der Waals surface area contributed by atoms with Crippen molar-refractivity contribution in [3.63, 3.8) is 0 Å². The molecule has 0 aromatic rings. The molecule has 0 aliphatic rings. The van der Waals surface area contributed by atoms with Crippen molar-refractivity contribution in [1.29, 1.82) is 0 Å². The molecule has 0 aromatic heterocycles. The van der Waals surface area contributed by atoms with Gasteiger partial charge in [0.1, 0.15) is 0 Å². The van der Waals surface area contributed by atoms with Crippen LogP contribution >= 0.6 is 0 Å².